The molecule has 4 aromatic rings. The van der Waals surface area contributed by atoms with Crippen LogP contribution in [-0.2, 0) is 23.2 Å². The first-order valence-corrected chi connectivity index (χ1v) is 12.7. The predicted octanol–water partition coefficient (Wildman–Crippen LogP) is 5.02. The average molecular weight is 544 g/mol. The molecule has 0 atom stereocenters. The van der Waals surface area contributed by atoms with Crippen LogP contribution in [0.1, 0.15) is 21.5 Å². The van der Waals surface area contributed by atoms with Crippen LogP contribution in [0.3, 0.4) is 0 Å². The summed E-state index contributed by atoms with van der Waals surface area (Å²) in [5.74, 6) is -0.645. The first-order chi connectivity index (χ1) is 16.1. The number of hydrogen-bond donors (Lipinski definition) is 1. The molecule has 0 spiro atoms. The molecule has 0 aliphatic heterocycles. The van der Waals surface area contributed by atoms with E-state index in [9.17, 15) is 17.6 Å². The Hall–Kier alpha value is -2.07. The first-order valence-electron chi connectivity index (χ1n) is 10.1. The smallest absolute Gasteiger partial charge is 0.265 e. The Morgan fingerprint density at radius 3 is 2.46 bits per heavy atom. The number of amides is 1. The fourth-order valence-corrected chi connectivity index (χ4v) is 4.37. The number of carbonyl (C=O) groups excluding carboxylic acids is 1. The van der Waals surface area contributed by atoms with Crippen LogP contribution in [0.4, 0.5) is 4.39 Å². The molecule has 1 radical (unpaired) electrons. The molecule has 1 amide bonds. The summed E-state index contributed by atoms with van der Waals surface area (Å²) < 4.78 is 46.9. The summed E-state index contributed by atoms with van der Waals surface area (Å²) in [4.78, 5) is 12.4. The molecule has 0 aliphatic carbocycles. The maximum Gasteiger partial charge on any atom is 0.265 e. The summed E-state index contributed by atoms with van der Waals surface area (Å²) in [5.41, 5.74) is 2.06. The summed E-state index contributed by atoms with van der Waals surface area (Å²) in [5, 5.41) is 1.40. The Morgan fingerprint density at radius 2 is 1.74 bits per heavy atom. The van der Waals surface area contributed by atoms with Crippen molar-refractivity contribution in [3.8, 4) is 5.75 Å². The topological polar surface area (TPSA) is 77.4 Å². The minimum atomic E-state index is -3.70. The number of ether oxygens (including phenoxy) is 1. The Morgan fingerprint density at radius 1 is 1.03 bits per heavy atom. The van der Waals surface area contributed by atoms with Crippen molar-refractivity contribution in [2.75, 3.05) is 6.26 Å². The largest absolute Gasteiger partial charge is 0.488 e. The fourth-order valence-electron chi connectivity index (χ4n) is 3.57. The monoisotopic (exact) mass is 543 g/mol. The summed E-state index contributed by atoms with van der Waals surface area (Å²) in [6.45, 7) is 0.347. The number of benzene rings is 3. The molecule has 35 heavy (non-hydrogen) atoms. The van der Waals surface area contributed by atoms with Gasteiger partial charge in [-0.05, 0) is 48.5 Å². The van der Waals surface area contributed by atoms with Gasteiger partial charge >= 0.3 is 0 Å². The molecule has 3 aromatic carbocycles. The Bertz CT molecular complexity index is 1510. The minimum absolute atomic E-state index is 0. The van der Waals surface area contributed by atoms with E-state index in [2.05, 4.69) is 0 Å². The van der Waals surface area contributed by atoms with E-state index in [4.69, 9.17) is 27.9 Å². The third-order valence-corrected chi connectivity index (χ3v) is 6.12. The fraction of sp³-hybridized carbons (Fsp3) is 0.125. The van der Waals surface area contributed by atoms with Crippen LogP contribution < -0.4 is 9.46 Å². The van der Waals surface area contributed by atoms with E-state index in [1.165, 1.54) is 6.07 Å². The van der Waals surface area contributed by atoms with Gasteiger partial charge in [0.1, 0.15) is 18.2 Å². The first kappa shape index (κ1) is 27.5. The summed E-state index contributed by atoms with van der Waals surface area (Å²) >= 11 is 12.0. The van der Waals surface area contributed by atoms with Gasteiger partial charge in [-0.25, -0.2) is 17.5 Å². The second-order valence-electron chi connectivity index (χ2n) is 7.66. The van der Waals surface area contributed by atoms with Crippen molar-refractivity contribution < 1.29 is 22.3 Å². The van der Waals surface area contributed by atoms with Crippen molar-refractivity contribution in [3.05, 3.63) is 99.4 Å². The molecule has 1 aromatic heterocycles. The number of sulfonamides is 1. The minimum Gasteiger partial charge on any atom is -0.488 e. The molecule has 1 N–H and O–H groups in total. The Balaban J connectivity index is 0.00000342. The van der Waals surface area contributed by atoms with Crippen molar-refractivity contribution in [1.29, 1.82) is 0 Å². The van der Waals surface area contributed by atoms with Gasteiger partial charge in [0.15, 0.2) is 0 Å². The van der Waals surface area contributed by atoms with Crippen LogP contribution in [-0.4, -0.2) is 54.7 Å². The molecule has 0 saturated heterocycles. The molecular formula is C24H19Cl2FN2NaO4S. The third-order valence-electron chi connectivity index (χ3n) is 5.10. The zero-order chi connectivity index (χ0) is 24.5. The number of nitrogens with zero attached hydrogens (tertiary/aromatic N) is 1. The van der Waals surface area contributed by atoms with Gasteiger partial charge < -0.3 is 9.30 Å². The quantitative estimate of drug-likeness (QED) is 0.332. The van der Waals surface area contributed by atoms with Gasteiger partial charge in [-0.15, -0.1) is 0 Å². The SMILES string of the molecule is CS(=O)(=O)NC(=O)c1cccc2c1ccn2Cc1cc(Cl)ccc1OCc1ccc(Cl)cc1F.[Na]. The van der Waals surface area contributed by atoms with Crippen molar-refractivity contribution in [3.63, 3.8) is 0 Å². The predicted molar refractivity (Wildman–Crippen MR) is 136 cm³/mol. The summed E-state index contributed by atoms with van der Waals surface area (Å²) in [6.07, 6.45) is 2.71. The van der Waals surface area contributed by atoms with Crippen molar-refractivity contribution >= 4 is 79.6 Å². The zero-order valence-corrected chi connectivity index (χ0v) is 23.2. The van der Waals surface area contributed by atoms with Crippen LogP contribution in [0.15, 0.2) is 66.9 Å². The number of nitrogens with one attached hydrogen (secondary N) is 1. The third kappa shape index (κ3) is 6.78. The molecule has 0 bridgehead atoms. The number of aromatic nitrogens is 1. The van der Waals surface area contributed by atoms with Crippen molar-refractivity contribution in [2.24, 2.45) is 0 Å². The molecule has 11 heteroatoms. The van der Waals surface area contributed by atoms with Gasteiger partial charge in [0.2, 0.25) is 10.0 Å². The maximum absolute atomic E-state index is 14.1. The normalized spacial score (nSPS) is 11.2. The van der Waals surface area contributed by atoms with Gasteiger partial charge in [0.05, 0.1) is 12.8 Å². The molecule has 4 rings (SSSR count). The molecule has 6 nitrogen and oxygen atoms in total. The molecular weight excluding hydrogens is 525 g/mol. The number of halogens is 3. The van der Waals surface area contributed by atoms with E-state index < -0.39 is 21.7 Å². The van der Waals surface area contributed by atoms with E-state index in [1.54, 1.807) is 54.7 Å². The molecule has 0 fully saturated rings. The number of fused-ring (bicyclic) bond motifs is 1. The van der Waals surface area contributed by atoms with E-state index in [1.807, 2.05) is 15.4 Å². The maximum atomic E-state index is 14.1. The standard InChI is InChI=1S/C24H19Cl2FN2O4S.Na/c1-34(31,32)28-24(30)20-3-2-4-22-19(20)9-10-29(22)13-16-11-17(25)7-8-23(16)33-14-15-5-6-18(26)12-21(15)27;/h2-12H,13-14H2,1H3,(H,28,30);. The van der Waals surface area contributed by atoms with Gasteiger partial charge in [-0.1, -0.05) is 35.3 Å². The van der Waals surface area contributed by atoms with Crippen LogP contribution in [0.5, 0.6) is 5.75 Å². The van der Waals surface area contributed by atoms with E-state index >= 15 is 0 Å². The van der Waals surface area contributed by atoms with Crippen molar-refractivity contribution in [1.82, 2.24) is 9.29 Å². The van der Waals surface area contributed by atoms with Gasteiger partial charge in [-0.2, -0.15) is 0 Å². The zero-order valence-electron chi connectivity index (χ0n) is 18.9. The van der Waals surface area contributed by atoms with E-state index in [0.29, 0.717) is 33.3 Å². The summed E-state index contributed by atoms with van der Waals surface area (Å²) in [6, 6.07) is 16.3. The van der Waals surface area contributed by atoms with Gasteiger partial charge in [0, 0.05) is 73.4 Å². The number of rotatable bonds is 7. The Kier molecular flexibility index (Phi) is 8.91. The number of hydrogen-bond acceptors (Lipinski definition) is 4. The second-order valence-corrected chi connectivity index (χ2v) is 10.3. The molecule has 0 aliphatic rings. The molecule has 1 heterocycles. The van der Waals surface area contributed by atoms with Gasteiger partial charge in [0.25, 0.3) is 5.91 Å². The van der Waals surface area contributed by atoms with Crippen LogP contribution in [0.25, 0.3) is 10.9 Å². The van der Waals surface area contributed by atoms with E-state index in [-0.39, 0.29) is 41.7 Å². The average Bonchev–Trinajstić information content (AvgIpc) is 3.16. The Labute approximate surface area is 234 Å². The molecule has 177 valence electrons. The van der Waals surface area contributed by atoms with Crippen LogP contribution in [0, 0.1) is 5.82 Å². The molecule has 0 saturated carbocycles. The van der Waals surface area contributed by atoms with E-state index in [0.717, 1.165) is 17.3 Å². The van der Waals surface area contributed by atoms with Crippen LogP contribution in [0.2, 0.25) is 10.0 Å². The second kappa shape index (κ2) is 11.3. The van der Waals surface area contributed by atoms with Crippen molar-refractivity contribution in [2.45, 2.75) is 13.2 Å². The van der Waals surface area contributed by atoms with Gasteiger partial charge in [-0.3, -0.25) is 4.79 Å². The molecule has 0 unspecified atom stereocenters. The van der Waals surface area contributed by atoms with Crippen LogP contribution >= 0.6 is 23.2 Å². The summed E-state index contributed by atoms with van der Waals surface area (Å²) in [7, 11) is -3.70. The number of carbonyl (C=O) groups is 1.